The molecule has 122 valence electrons. The third kappa shape index (κ3) is 4.57. The standard InChI is InChI=1S/C18H17ClN4S/c1-13-5-7-14(8-6-13)12-23-10-9-17(22-23)21-18(24)20-16-4-2-3-15(19)11-16/h2-11H,12H2,1H3,(H2,20,21,22,24). The van der Waals surface area contributed by atoms with Crippen molar-refractivity contribution in [2.75, 3.05) is 10.6 Å². The van der Waals surface area contributed by atoms with E-state index in [1.54, 1.807) is 0 Å². The summed E-state index contributed by atoms with van der Waals surface area (Å²) in [4.78, 5) is 0. The lowest BCUT2D eigenvalue weighted by Gasteiger charge is -2.08. The molecule has 0 bridgehead atoms. The van der Waals surface area contributed by atoms with Gasteiger partial charge in [0, 0.05) is 23.0 Å². The van der Waals surface area contributed by atoms with E-state index in [0.717, 1.165) is 12.2 Å². The number of halogens is 1. The van der Waals surface area contributed by atoms with E-state index in [9.17, 15) is 0 Å². The molecule has 0 aliphatic carbocycles. The van der Waals surface area contributed by atoms with E-state index < -0.39 is 0 Å². The molecule has 3 rings (SSSR count). The number of anilines is 2. The first-order chi connectivity index (χ1) is 11.6. The van der Waals surface area contributed by atoms with E-state index in [2.05, 4.69) is 46.9 Å². The van der Waals surface area contributed by atoms with Crippen molar-refractivity contribution in [1.29, 1.82) is 0 Å². The Morgan fingerprint density at radius 1 is 1.12 bits per heavy atom. The van der Waals surface area contributed by atoms with Crippen molar-refractivity contribution in [3.05, 3.63) is 76.9 Å². The average molecular weight is 357 g/mol. The zero-order valence-corrected chi connectivity index (χ0v) is 14.7. The van der Waals surface area contributed by atoms with E-state index in [1.165, 1.54) is 11.1 Å². The largest absolute Gasteiger partial charge is 0.332 e. The summed E-state index contributed by atoms with van der Waals surface area (Å²) < 4.78 is 1.87. The molecule has 0 aliphatic rings. The summed E-state index contributed by atoms with van der Waals surface area (Å²) in [5, 5.41) is 11.8. The van der Waals surface area contributed by atoms with Crippen LogP contribution in [0.1, 0.15) is 11.1 Å². The van der Waals surface area contributed by atoms with Crippen LogP contribution in [-0.2, 0) is 6.54 Å². The van der Waals surface area contributed by atoms with Gasteiger partial charge in [0.2, 0.25) is 0 Å². The molecule has 0 unspecified atom stereocenters. The molecular weight excluding hydrogens is 340 g/mol. The lowest BCUT2D eigenvalue weighted by Crippen LogP contribution is -2.19. The first kappa shape index (κ1) is 16.5. The summed E-state index contributed by atoms with van der Waals surface area (Å²) in [7, 11) is 0. The van der Waals surface area contributed by atoms with Gasteiger partial charge in [-0.25, -0.2) is 0 Å². The van der Waals surface area contributed by atoms with Gasteiger partial charge in [0.05, 0.1) is 6.54 Å². The molecule has 2 aromatic carbocycles. The van der Waals surface area contributed by atoms with Gasteiger partial charge in [0.1, 0.15) is 0 Å². The summed E-state index contributed by atoms with van der Waals surface area (Å²) in [6.07, 6.45) is 1.92. The van der Waals surface area contributed by atoms with Gasteiger partial charge in [-0.1, -0.05) is 47.5 Å². The molecule has 0 radical (unpaired) electrons. The second-order valence-electron chi connectivity index (χ2n) is 5.47. The molecule has 0 fully saturated rings. The maximum atomic E-state index is 5.96. The Balaban J connectivity index is 1.59. The zero-order valence-electron chi connectivity index (χ0n) is 13.2. The Morgan fingerprint density at radius 2 is 1.92 bits per heavy atom. The van der Waals surface area contributed by atoms with E-state index in [1.807, 2.05) is 41.2 Å². The van der Waals surface area contributed by atoms with E-state index in [4.69, 9.17) is 23.8 Å². The van der Waals surface area contributed by atoms with Crippen molar-refractivity contribution in [3.8, 4) is 0 Å². The van der Waals surface area contributed by atoms with Gasteiger partial charge in [-0.2, -0.15) is 5.10 Å². The van der Waals surface area contributed by atoms with Crippen molar-refractivity contribution < 1.29 is 0 Å². The van der Waals surface area contributed by atoms with Gasteiger partial charge in [-0.3, -0.25) is 4.68 Å². The fourth-order valence-corrected chi connectivity index (χ4v) is 2.65. The van der Waals surface area contributed by atoms with Crippen LogP contribution in [0.2, 0.25) is 5.02 Å². The second kappa shape index (κ2) is 7.47. The number of hydrogen-bond donors (Lipinski definition) is 2. The minimum atomic E-state index is 0.470. The molecule has 0 atom stereocenters. The van der Waals surface area contributed by atoms with Gasteiger partial charge < -0.3 is 10.6 Å². The number of aryl methyl sites for hydroxylation is 1. The normalized spacial score (nSPS) is 10.4. The van der Waals surface area contributed by atoms with Crippen molar-refractivity contribution in [2.24, 2.45) is 0 Å². The van der Waals surface area contributed by atoms with Crippen LogP contribution >= 0.6 is 23.8 Å². The lowest BCUT2D eigenvalue weighted by molar-refractivity contribution is 0.690. The Hall–Kier alpha value is -2.37. The van der Waals surface area contributed by atoms with Crippen molar-refractivity contribution >= 4 is 40.4 Å². The molecule has 6 heteroatoms. The number of thiocarbonyl (C=S) groups is 1. The van der Waals surface area contributed by atoms with Gasteiger partial charge in [-0.05, 0) is 42.9 Å². The summed E-state index contributed by atoms with van der Waals surface area (Å²) in [5.41, 5.74) is 3.29. The van der Waals surface area contributed by atoms with Crippen LogP contribution < -0.4 is 10.6 Å². The highest BCUT2D eigenvalue weighted by Crippen LogP contribution is 2.15. The van der Waals surface area contributed by atoms with E-state index >= 15 is 0 Å². The fraction of sp³-hybridized carbons (Fsp3) is 0.111. The van der Waals surface area contributed by atoms with Gasteiger partial charge in [0.15, 0.2) is 10.9 Å². The molecular formula is C18H17ClN4S. The van der Waals surface area contributed by atoms with Crippen LogP contribution in [0.25, 0.3) is 0 Å². The average Bonchev–Trinajstić information content (AvgIpc) is 2.96. The number of aromatic nitrogens is 2. The van der Waals surface area contributed by atoms with Gasteiger partial charge in [0.25, 0.3) is 0 Å². The summed E-state index contributed by atoms with van der Waals surface area (Å²) in [6, 6.07) is 17.7. The van der Waals surface area contributed by atoms with Gasteiger partial charge in [-0.15, -0.1) is 0 Å². The smallest absolute Gasteiger partial charge is 0.176 e. The second-order valence-corrected chi connectivity index (χ2v) is 6.32. The molecule has 0 saturated carbocycles. The highest BCUT2D eigenvalue weighted by molar-refractivity contribution is 7.80. The molecule has 4 nitrogen and oxygen atoms in total. The summed E-state index contributed by atoms with van der Waals surface area (Å²) >= 11 is 11.3. The van der Waals surface area contributed by atoms with Crippen LogP contribution in [0.4, 0.5) is 11.5 Å². The highest BCUT2D eigenvalue weighted by Gasteiger charge is 2.03. The number of hydrogen-bond acceptors (Lipinski definition) is 2. The minimum Gasteiger partial charge on any atom is -0.332 e. The van der Waals surface area contributed by atoms with Crippen LogP contribution in [0.15, 0.2) is 60.8 Å². The Bertz CT molecular complexity index is 842. The lowest BCUT2D eigenvalue weighted by atomic mass is 10.1. The van der Waals surface area contributed by atoms with Crippen LogP contribution in [0.5, 0.6) is 0 Å². The quantitative estimate of drug-likeness (QED) is 0.665. The molecule has 0 saturated heterocycles. The molecule has 3 aromatic rings. The van der Waals surface area contributed by atoms with Crippen LogP contribution in [0, 0.1) is 6.92 Å². The van der Waals surface area contributed by atoms with Crippen molar-refractivity contribution in [1.82, 2.24) is 9.78 Å². The Morgan fingerprint density at radius 3 is 2.67 bits per heavy atom. The van der Waals surface area contributed by atoms with Gasteiger partial charge >= 0.3 is 0 Å². The summed E-state index contributed by atoms with van der Waals surface area (Å²) in [5.74, 6) is 0.696. The van der Waals surface area contributed by atoms with Crippen LogP contribution in [-0.4, -0.2) is 14.9 Å². The zero-order chi connectivity index (χ0) is 16.9. The Kier molecular flexibility index (Phi) is 5.13. The summed E-state index contributed by atoms with van der Waals surface area (Å²) in [6.45, 7) is 2.80. The predicted octanol–water partition coefficient (Wildman–Crippen LogP) is 4.70. The van der Waals surface area contributed by atoms with E-state index in [0.29, 0.717) is 16.0 Å². The fourth-order valence-electron chi connectivity index (χ4n) is 2.24. The molecule has 2 N–H and O–H groups in total. The molecule has 0 aliphatic heterocycles. The molecule has 1 aromatic heterocycles. The predicted molar refractivity (Wildman–Crippen MR) is 104 cm³/mol. The molecule has 24 heavy (non-hydrogen) atoms. The maximum absolute atomic E-state index is 5.96. The van der Waals surface area contributed by atoms with E-state index in [-0.39, 0.29) is 0 Å². The van der Waals surface area contributed by atoms with Crippen molar-refractivity contribution in [3.63, 3.8) is 0 Å². The number of nitrogens with zero attached hydrogens (tertiary/aromatic N) is 2. The number of nitrogens with one attached hydrogen (secondary N) is 2. The topological polar surface area (TPSA) is 41.9 Å². The number of rotatable bonds is 4. The molecule has 0 amide bonds. The Labute approximate surface area is 151 Å². The van der Waals surface area contributed by atoms with Crippen molar-refractivity contribution in [2.45, 2.75) is 13.5 Å². The monoisotopic (exact) mass is 356 g/mol. The first-order valence-electron chi connectivity index (χ1n) is 7.51. The highest BCUT2D eigenvalue weighted by atomic mass is 35.5. The third-order valence-corrected chi connectivity index (χ3v) is 3.87. The van der Waals surface area contributed by atoms with Crippen LogP contribution in [0.3, 0.4) is 0 Å². The first-order valence-corrected chi connectivity index (χ1v) is 8.30. The SMILES string of the molecule is Cc1ccc(Cn2ccc(NC(=S)Nc3cccc(Cl)c3)n2)cc1. The number of benzene rings is 2. The third-order valence-electron chi connectivity index (χ3n) is 3.43. The maximum Gasteiger partial charge on any atom is 0.176 e. The molecule has 0 spiro atoms. The minimum absolute atomic E-state index is 0.470. The molecule has 1 heterocycles.